The molecule has 1 amide bonds. The Kier molecular flexibility index (Phi) is 5.66. The van der Waals surface area contributed by atoms with Gasteiger partial charge in [0.25, 0.3) is 5.56 Å². The van der Waals surface area contributed by atoms with Crippen molar-refractivity contribution in [2.75, 3.05) is 11.9 Å². The summed E-state index contributed by atoms with van der Waals surface area (Å²) >= 11 is 0. The molecular weight excluding hydrogens is 378 g/mol. The Balaban J connectivity index is 1.58. The summed E-state index contributed by atoms with van der Waals surface area (Å²) in [5, 5.41) is 3.69. The molecule has 0 radical (unpaired) electrons. The number of aromatic nitrogens is 2. The Morgan fingerprint density at radius 2 is 1.63 bits per heavy atom. The molecule has 4 rings (SSSR count). The lowest BCUT2D eigenvalue weighted by atomic mass is 10.2. The smallest absolute Gasteiger partial charge is 0.275 e. The number of nitrogens with zero attached hydrogens (tertiary/aromatic N) is 2. The summed E-state index contributed by atoms with van der Waals surface area (Å²) in [4.78, 5) is 25.7. The summed E-state index contributed by atoms with van der Waals surface area (Å²) in [5.74, 6) is 0.317. The molecule has 2 aromatic carbocycles. The van der Waals surface area contributed by atoms with E-state index in [1.807, 2.05) is 72.3 Å². The summed E-state index contributed by atoms with van der Waals surface area (Å²) in [7, 11) is 0. The molecular formula is C24H23N3O3. The second-order valence-corrected chi connectivity index (χ2v) is 6.96. The van der Waals surface area contributed by atoms with Crippen LogP contribution in [0.2, 0.25) is 0 Å². The normalized spacial score (nSPS) is 10.8. The highest BCUT2D eigenvalue weighted by molar-refractivity contribution is 5.92. The van der Waals surface area contributed by atoms with Crippen LogP contribution in [0.1, 0.15) is 12.5 Å². The van der Waals surface area contributed by atoms with Gasteiger partial charge in [-0.25, -0.2) is 0 Å². The van der Waals surface area contributed by atoms with Gasteiger partial charge in [-0.2, -0.15) is 0 Å². The van der Waals surface area contributed by atoms with E-state index in [2.05, 4.69) is 5.32 Å². The Morgan fingerprint density at radius 1 is 0.933 bits per heavy atom. The standard InChI is InChI=1S/C24H23N3O3/c1-2-30-21-11-7-6-10-20(21)25-22(28)17-27-15-13-19-12-14-26(23(19)24(27)29)16-18-8-4-3-5-9-18/h3-15H,2,16-17H2,1H3,(H,25,28). The van der Waals surface area contributed by atoms with E-state index in [1.165, 1.54) is 4.57 Å². The van der Waals surface area contributed by atoms with Crippen LogP contribution in [0.15, 0.2) is 83.9 Å². The lowest BCUT2D eigenvalue weighted by Gasteiger charge is -2.12. The molecule has 0 unspecified atom stereocenters. The van der Waals surface area contributed by atoms with Crippen LogP contribution in [0.3, 0.4) is 0 Å². The van der Waals surface area contributed by atoms with Crippen molar-refractivity contribution in [1.29, 1.82) is 0 Å². The number of para-hydroxylation sites is 2. The zero-order valence-corrected chi connectivity index (χ0v) is 16.7. The van der Waals surface area contributed by atoms with Crippen LogP contribution in [0.4, 0.5) is 5.69 Å². The Hall–Kier alpha value is -3.80. The zero-order valence-electron chi connectivity index (χ0n) is 16.7. The molecule has 4 aromatic rings. The van der Waals surface area contributed by atoms with Crippen molar-refractivity contribution in [2.45, 2.75) is 20.0 Å². The zero-order chi connectivity index (χ0) is 20.9. The fraction of sp³-hybridized carbons (Fsp3) is 0.167. The molecule has 30 heavy (non-hydrogen) atoms. The predicted octanol–water partition coefficient (Wildman–Crippen LogP) is 3.89. The Bertz CT molecular complexity index is 1230. The number of hydrogen-bond acceptors (Lipinski definition) is 3. The largest absolute Gasteiger partial charge is 0.492 e. The van der Waals surface area contributed by atoms with E-state index in [0.29, 0.717) is 30.1 Å². The third-order valence-corrected chi connectivity index (χ3v) is 4.86. The first-order chi connectivity index (χ1) is 14.7. The van der Waals surface area contributed by atoms with Crippen molar-refractivity contribution >= 4 is 22.5 Å². The monoisotopic (exact) mass is 401 g/mol. The second kappa shape index (κ2) is 8.69. The maximum atomic E-state index is 13.1. The highest BCUT2D eigenvalue weighted by Gasteiger charge is 2.12. The minimum atomic E-state index is -0.287. The number of rotatable bonds is 7. The first kappa shape index (κ1) is 19.5. The second-order valence-electron chi connectivity index (χ2n) is 6.96. The highest BCUT2D eigenvalue weighted by Crippen LogP contribution is 2.23. The van der Waals surface area contributed by atoms with Gasteiger partial charge in [-0.3, -0.25) is 9.59 Å². The van der Waals surface area contributed by atoms with Gasteiger partial charge in [-0.05, 0) is 36.8 Å². The van der Waals surface area contributed by atoms with E-state index >= 15 is 0 Å². The minimum absolute atomic E-state index is 0.0776. The van der Waals surface area contributed by atoms with E-state index in [9.17, 15) is 9.59 Å². The van der Waals surface area contributed by atoms with E-state index in [4.69, 9.17) is 4.74 Å². The molecule has 0 aliphatic heterocycles. The van der Waals surface area contributed by atoms with Crippen LogP contribution in [0.25, 0.3) is 10.9 Å². The molecule has 0 saturated carbocycles. The maximum absolute atomic E-state index is 13.1. The summed E-state index contributed by atoms with van der Waals surface area (Å²) in [5.41, 5.74) is 2.09. The number of pyridine rings is 1. The molecule has 2 aromatic heterocycles. The molecule has 0 fully saturated rings. The van der Waals surface area contributed by atoms with E-state index in [-0.39, 0.29) is 18.0 Å². The van der Waals surface area contributed by atoms with Crippen LogP contribution in [-0.2, 0) is 17.9 Å². The van der Waals surface area contributed by atoms with Gasteiger partial charge < -0.3 is 19.2 Å². The lowest BCUT2D eigenvalue weighted by Crippen LogP contribution is -2.28. The third kappa shape index (κ3) is 4.12. The first-order valence-electron chi connectivity index (χ1n) is 9.89. The van der Waals surface area contributed by atoms with Crippen LogP contribution >= 0.6 is 0 Å². The summed E-state index contributed by atoms with van der Waals surface area (Å²) in [6.07, 6.45) is 3.56. The number of ether oxygens (including phenoxy) is 1. The average molecular weight is 401 g/mol. The molecule has 1 N–H and O–H groups in total. The van der Waals surface area contributed by atoms with Gasteiger partial charge in [0.15, 0.2) is 0 Å². The van der Waals surface area contributed by atoms with Crippen molar-refractivity contribution in [2.24, 2.45) is 0 Å². The van der Waals surface area contributed by atoms with Gasteiger partial charge in [-0.1, -0.05) is 42.5 Å². The Labute approximate surface area is 174 Å². The maximum Gasteiger partial charge on any atom is 0.275 e. The van der Waals surface area contributed by atoms with Crippen molar-refractivity contribution in [3.8, 4) is 5.75 Å². The summed E-state index contributed by atoms with van der Waals surface area (Å²) in [6.45, 7) is 2.91. The molecule has 2 heterocycles. The molecule has 0 saturated heterocycles. The number of amides is 1. The number of carbonyl (C=O) groups excluding carboxylic acids is 1. The molecule has 152 valence electrons. The number of nitrogens with one attached hydrogen (secondary N) is 1. The third-order valence-electron chi connectivity index (χ3n) is 4.86. The molecule has 6 nitrogen and oxygen atoms in total. The fourth-order valence-electron chi connectivity index (χ4n) is 3.48. The summed E-state index contributed by atoms with van der Waals surface area (Å²) in [6, 6.07) is 21.0. The number of fused-ring (bicyclic) bond motifs is 1. The average Bonchev–Trinajstić information content (AvgIpc) is 3.16. The number of carbonyl (C=O) groups is 1. The van der Waals surface area contributed by atoms with Gasteiger partial charge >= 0.3 is 0 Å². The van der Waals surface area contributed by atoms with Gasteiger partial charge in [-0.15, -0.1) is 0 Å². The van der Waals surface area contributed by atoms with Crippen LogP contribution in [0.5, 0.6) is 5.75 Å². The molecule has 6 heteroatoms. The molecule has 0 spiro atoms. The van der Waals surface area contributed by atoms with Crippen molar-refractivity contribution < 1.29 is 9.53 Å². The molecule has 0 bridgehead atoms. The van der Waals surface area contributed by atoms with Gasteiger partial charge in [0.05, 0.1) is 12.3 Å². The van der Waals surface area contributed by atoms with Gasteiger partial charge in [0, 0.05) is 24.3 Å². The topological polar surface area (TPSA) is 65.3 Å². The quantitative estimate of drug-likeness (QED) is 0.511. The van der Waals surface area contributed by atoms with Crippen molar-refractivity contribution in [1.82, 2.24) is 9.13 Å². The Morgan fingerprint density at radius 3 is 2.40 bits per heavy atom. The van der Waals surface area contributed by atoms with Crippen molar-refractivity contribution in [3.63, 3.8) is 0 Å². The van der Waals surface area contributed by atoms with Crippen LogP contribution in [0, 0.1) is 0 Å². The first-order valence-corrected chi connectivity index (χ1v) is 9.89. The summed E-state index contributed by atoms with van der Waals surface area (Å²) < 4.78 is 8.90. The van der Waals surface area contributed by atoms with Crippen molar-refractivity contribution in [3.05, 3.63) is 95.0 Å². The SMILES string of the molecule is CCOc1ccccc1NC(=O)Cn1ccc2ccn(Cc3ccccc3)c2c1=O. The van der Waals surface area contributed by atoms with Gasteiger partial charge in [0.2, 0.25) is 5.91 Å². The predicted molar refractivity (Wildman–Crippen MR) is 118 cm³/mol. The number of anilines is 1. The number of benzene rings is 2. The lowest BCUT2D eigenvalue weighted by molar-refractivity contribution is -0.116. The van der Waals surface area contributed by atoms with Crippen LogP contribution < -0.4 is 15.6 Å². The molecule has 0 aliphatic rings. The van der Waals surface area contributed by atoms with E-state index in [0.717, 1.165) is 10.9 Å². The fourth-order valence-corrected chi connectivity index (χ4v) is 3.48. The number of hydrogen-bond donors (Lipinski definition) is 1. The van der Waals surface area contributed by atoms with Gasteiger partial charge in [0.1, 0.15) is 17.8 Å². The highest BCUT2D eigenvalue weighted by atomic mass is 16.5. The molecule has 0 aliphatic carbocycles. The molecule has 0 atom stereocenters. The van der Waals surface area contributed by atoms with Crippen LogP contribution in [-0.4, -0.2) is 21.6 Å². The minimum Gasteiger partial charge on any atom is -0.492 e. The van der Waals surface area contributed by atoms with E-state index in [1.54, 1.807) is 18.3 Å². The van der Waals surface area contributed by atoms with E-state index < -0.39 is 0 Å².